The van der Waals surface area contributed by atoms with Crippen LogP contribution < -0.4 is 5.32 Å². The molecule has 0 bridgehead atoms. The molecule has 76 valence electrons. The van der Waals surface area contributed by atoms with Crippen LogP contribution in [0, 0.1) is 6.92 Å². The van der Waals surface area contributed by atoms with Crippen molar-refractivity contribution in [2.24, 2.45) is 0 Å². The van der Waals surface area contributed by atoms with Crippen LogP contribution in [0.3, 0.4) is 0 Å². The Morgan fingerprint density at radius 3 is 3.07 bits per heavy atom. The summed E-state index contributed by atoms with van der Waals surface area (Å²) >= 11 is 5.50. The highest BCUT2D eigenvalue weighted by Gasteiger charge is 1.94. The molecule has 0 aliphatic rings. The molecule has 0 unspecified atom stereocenters. The Bertz CT molecular complexity index is 297. The van der Waals surface area contributed by atoms with E-state index in [0.717, 1.165) is 13.1 Å². The van der Waals surface area contributed by atoms with Crippen LogP contribution in [0.15, 0.2) is 30.6 Å². The summed E-state index contributed by atoms with van der Waals surface area (Å²) in [6.07, 6.45) is 7.67. The van der Waals surface area contributed by atoms with Crippen LogP contribution in [-0.2, 0) is 6.54 Å². The highest BCUT2D eigenvalue weighted by Crippen LogP contribution is 2.03. The van der Waals surface area contributed by atoms with E-state index in [9.17, 15) is 0 Å². The monoisotopic (exact) mass is 210 g/mol. The Morgan fingerprint density at radius 1 is 1.50 bits per heavy atom. The summed E-state index contributed by atoms with van der Waals surface area (Å²) < 4.78 is 0. The number of nitrogens with zero attached hydrogens (tertiary/aromatic N) is 1. The van der Waals surface area contributed by atoms with E-state index < -0.39 is 0 Å². The maximum absolute atomic E-state index is 5.50. The van der Waals surface area contributed by atoms with Gasteiger partial charge in [-0.2, -0.15) is 0 Å². The minimum absolute atomic E-state index is 0.579. The summed E-state index contributed by atoms with van der Waals surface area (Å²) in [7, 11) is 0. The number of rotatable bonds is 5. The molecule has 0 atom stereocenters. The quantitative estimate of drug-likeness (QED) is 0.458. The molecule has 0 fully saturated rings. The van der Waals surface area contributed by atoms with Crippen molar-refractivity contribution >= 4 is 11.6 Å². The molecule has 0 aromatic carbocycles. The molecule has 0 aliphatic carbocycles. The molecule has 2 nitrogen and oxygen atoms in total. The van der Waals surface area contributed by atoms with E-state index in [4.69, 9.17) is 11.6 Å². The Morgan fingerprint density at radius 2 is 2.36 bits per heavy atom. The van der Waals surface area contributed by atoms with Crippen molar-refractivity contribution in [1.82, 2.24) is 10.3 Å². The number of aryl methyl sites for hydroxylation is 1. The molecular weight excluding hydrogens is 196 g/mol. The maximum Gasteiger partial charge on any atom is 0.0404 e. The molecule has 14 heavy (non-hydrogen) atoms. The lowest BCUT2D eigenvalue weighted by Crippen LogP contribution is -2.13. The third kappa shape index (κ3) is 3.90. The number of halogens is 1. The number of allylic oxidation sites excluding steroid dienone is 1. The van der Waals surface area contributed by atoms with E-state index in [0.29, 0.717) is 5.88 Å². The smallest absolute Gasteiger partial charge is 0.0404 e. The number of hydrogen-bond acceptors (Lipinski definition) is 2. The lowest BCUT2D eigenvalue weighted by atomic mass is 10.1. The van der Waals surface area contributed by atoms with Gasteiger partial charge in [0.05, 0.1) is 0 Å². The van der Waals surface area contributed by atoms with E-state index in [1.165, 1.54) is 11.1 Å². The number of hydrogen-bond donors (Lipinski definition) is 1. The second-order valence-electron chi connectivity index (χ2n) is 3.06. The minimum Gasteiger partial charge on any atom is -0.309 e. The molecule has 0 amide bonds. The first kappa shape index (κ1) is 11.2. The van der Waals surface area contributed by atoms with E-state index in [2.05, 4.69) is 17.2 Å². The Hall–Kier alpha value is -0.860. The van der Waals surface area contributed by atoms with Gasteiger partial charge in [0.1, 0.15) is 0 Å². The standard InChI is InChI=1S/C11H15ClN2/c1-10-8-14-7-4-11(10)9-13-6-3-2-5-12/h2-4,7-8,13H,5-6,9H2,1H3/b3-2+. The number of pyridine rings is 1. The molecule has 0 saturated heterocycles. The van der Waals surface area contributed by atoms with Gasteiger partial charge in [-0.15, -0.1) is 11.6 Å². The summed E-state index contributed by atoms with van der Waals surface area (Å²) in [6, 6.07) is 2.04. The zero-order valence-electron chi connectivity index (χ0n) is 8.33. The summed E-state index contributed by atoms with van der Waals surface area (Å²) in [6.45, 7) is 3.80. The first-order chi connectivity index (χ1) is 6.84. The molecule has 1 N–H and O–H groups in total. The first-order valence-corrected chi connectivity index (χ1v) is 5.19. The van der Waals surface area contributed by atoms with Crippen molar-refractivity contribution in [3.63, 3.8) is 0 Å². The fourth-order valence-electron chi connectivity index (χ4n) is 1.14. The van der Waals surface area contributed by atoms with Gasteiger partial charge in [0, 0.05) is 31.4 Å². The molecule has 1 aromatic heterocycles. The highest BCUT2D eigenvalue weighted by atomic mass is 35.5. The van der Waals surface area contributed by atoms with Crippen LogP contribution in [0.2, 0.25) is 0 Å². The largest absolute Gasteiger partial charge is 0.309 e. The van der Waals surface area contributed by atoms with Gasteiger partial charge in [0.25, 0.3) is 0 Å². The molecule has 0 saturated carbocycles. The Balaban J connectivity index is 2.31. The fourth-order valence-corrected chi connectivity index (χ4v) is 1.26. The molecular formula is C11H15ClN2. The predicted molar refractivity (Wildman–Crippen MR) is 60.5 cm³/mol. The van der Waals surface area contributed by atoms with Gasteiger partial charge in [-0.05, 0) is 24.1 Å². The maximum atomic E-state index is 5.50. The zero-order valence-corrected chi connectivity index (χ0v) is 9.09. The minimum atomic E-state index is 0.579. The van der Waals surface area contributed by atoms with Crippen molar-refractivity contribution in [2.45, 2.75) is 13.5 Å². The molecule has 1 heterocycles. The average molecular weight is 211 g/mol. The number of alkyl halides is 1. The van der Waals surface area contributed by atoms with Gasteiger partial charge >= 0.3 is 0 Å². The van der Waals surface area contributed by atoms with E-state index in [1.807, 2.05) is 30.6 Å². The van der Waals surface area contributed by atoms with Crippen LogP contribution in [-0.4, -0.2) is 17.4 Å². The molecule has 1 aromatic rings. The van der Waals surface area contributed by atoms with E-state index >= 15 is 0 Å². The van der Waals surface area contributed by atoms with Crippen molar-refractivity contribution in [3.8, 4) is 0 Å². The SMILES string of the molecule is Cc1cnccc1CNC/C=C/CCl. The number of nitrogens with one attached hydrogen (secondary N) is 1. The van der Waals surface area contributed by atoms with Crippen LogP contribution >= 0.6 is 11.6 Å². The van der Waals surface area contributed by atoms with Crippen molar-refractivity contribution in [1.29, 1.82) is 0 Å². The highest BCUT2D eigenvalue weighted by molar-refractivity contribution is 6.18. The normalized spacial score (nSPS) is 11.0. The lowest BCUT2D eigenvalue weighted by molar-refractivity contribution is 0.754. The van der Waals surface area contributed by atoms with Gasteiger partial charge in [0.2, 0.25) is 0 Å². The second-order valence-corrected chi connectivity index (χ2v) is 3.37. The van der Waals surface area contributed by atoms with Gasteiger partial charge in [-0.3, -0.25) is 4.98 Å². The zero-order chi connectivity index (χ0) is 10.2. The third-order valence-corrected chi connectivity index (χ3v) is 2.15. The van der Waals surface area contributed by atoms with Crippen molar-refractivity contribution in [3.05, 3.63) is 41.7 Å². The lowest BCUT2D eigenvalue weighted by Gasteiger charge is -2.04. The van der Waals surface area contributed by atoms with Crippen molar-refractivity contribution < 1.29 is 0 Å². The van der Waals surface area contributed by atoms with E-state index in [1.54, 1.807) is 0 Å². The van der Waals surface area contributed by atoms with Crippen LogP contribution in [0.5, 0.6) is 0 Å². The summed E-state index contributed by atoms with van der Waals surface area (Å²) in [5, 5.41) is 3.30. The molecule has 3 heteroatoms. The molecule has 0 spiro atoms. The Kier molecular flexibility index (Phi) is 5.27. The van der Waals surface area contributed by atoms with E-state index in [-0.39, 0.29) is 0 Å². The fraction of sp³-hybridized carbons (Fsp3) is 0.364. The second kappa shape index (κ2) is 6.57. The molecule has 0 radical (unpaired) electrons. The van der Waals surface area contributed by atoms with Crippen LogP contribution in [0.4, 0.5) is 0 Å². The first-order valence-electron chi connectivity index (χ1n) is 4.65. The van der Waals surface area contributed by atoms with Gasteiger partial charge in [-0.1, -0.05) is 12.2 Å². The molecule has 0 aliphatic heterocycles. The molecule has 1 rings (SSSR count). The third-order valence-electron chi connectivity index (χ3n) is 1.97. The Labute approximate surface area is 90.0 Å². The van der Waals surface area contributed by atoms with Gasteiger partial charge in [0.15, 0.2) is 0 Å². The number of aromatic nitrogens is 1. The van der Waals surface area contributed by atoms with Crippen LogP contribution in [0.1, 0.15) is 11.1 Å². The summed E-state index contributed by atoms with van der Waals surface area (Å²) in [5.74, 6) is 0.579. The predicted octanol–water partition coefficient (Wildman–Crippen LogP) is 2.27. The van der Waals surface area contributed by atoms with Crippen molar-refractivity contribution in [2.75, 3.05) is 12.4 Å². The van der Waals surface area contributed by atoms with Gasteiger partial charge in [-0.25, -0.2) is 0 Å². The van der Waals surface area contributed by atoms with Gasteiger partial charge < -0.3 is 5.32 Å². The summed E-state index contributed by atoms with van der Waals surface area (Å²) in [5.41, 5.74) is 2.51. The average Bonchev–Trinajstić information content (AvgIpc) is 2.20. The summed E-state index contributed by atoms with van der Waals surface area (Å²) in [4.78, 5) is 4.04. The topological polar surface area (TPSA) is 24.9 Å². The van der Waals surface area contributed by atoms with Crippen LogP contribution in [0.25, 0.3) is 0 Å².